The van der Waals surface area contributed by atoms with Gasteiger partial charge in [-0.25, -0.2) is 15.0 Å². The lowest BCUT2D eigenvalue weighted by molar-refractivity contribution is -0.118. The van der Waals surface area contributed by atoms with Crippen molar-refractivity contribution in [1.82, 2.24) is 15.0 Å². The van der Waals surface area contributed by atoms with E-state index in [2.05, 4.69) is 20.4 Å². The molecular weight excluding hydrogens is 390 g/mol. The number of aromatic nitrogens is 2. The summed E-state index contributed by atoms with van der Waals surface area (Å²) in [5.41, 5.74) is 3.04. The van der Waals surface area contributed by atoms with Crippen molar-refractivity contribution in [2.75, 3.05) is 5.32 Å². The minimum absolute atomic E-state index is 0.205. The quantitative estimate of drug-likeness (QED) is 0.411. The number of hydrazone groups is 1. The highest BCUT2D eigenvalue weighted by molar-refractivity contribution is 6.30. The number of benzene rings is 1. The first-order chi connectivity index (χ1) is 13.9. The number of nitrogens with one attached hydrogen (secondary N) is 1. The van der Waals surface area contributed by atoms with E-state index in [1.807, 2.05) is 45.9 Å². The molecule has 0 saturated carbocycles. The molecule has 0 fully saturated rings. The molecule has 0 unspecified atom stereocenters. The van der Waals surface area contributed by atoms with Crippen LogP contribution in [0.25, 0.3) is 0 Å². The topological polar surface area (TPSA) is 87.5 Å². The minimum atomic E-state index is -0.254. The summed E-state index contributed by atoms with van der Waals surface area (Å²) in [5.74, 6) is -0.0489. The number of hydrogen-bond donors (Lipinski definition) is 1. The van der Waals surface area contributed by atoms with Crippen LogP contribution < -0.4 is 5.32 Å². The van der Waals surface area contributed by atoms with E-state index in [1.54, 1.807) is 24.5 Å². The second kappa shape index (κ2) is 12.4. The molecule has 2 rings (SSSR count). The number of allylic oxidation sites excluding steroid dienone is 2. The van der Waals surface area contributed by atoms with Crippen LogP contribution in [0.3, 0.4) is 0 Å². The molecule has 1 aromatic carbocycles. The normalized spacial score (nSPS) is 10.3. The number of amides is 2. The van der Waals surface area contributed by atoms with Gasteiger partial charge >= 0.3 is 0 Å². The van der Waals surface area contributed by atoms with Crippen LogP contribution in [0.5, 0.6) is 0 Å². The summed E-state index contributed by atoms with van der Waals surface area (Å²) in [4.78, 5) is 30.8. The van der Waals surface area contributed by atoms with Gasteiger partial charge in [0.1, 0.15) is 0 Å². The summed E-state index contributed by atoms with van der Waals surface area (Å²) in [6.45, 7) is 9.52. The number of nitrogens with zero attached hydrogens (tertiary/aromatic N) is 4. The van der Waals surface area contributed by atoms with Crippen LogP contribution in [0.4, 0.5) is 5.95 Å². The molecule has 0 spiro atoms. The Balaban J connectivity index is 0.00000204. The van der Waals surface area contributed by atoms with Gasteiger partial charge in [0.15, 0.2) is 0 Å². The first kappa shape index (κ1) is 24.0. The van der Waals surface area contributed by atoms with Gasteiger partial charge in [0.25, 0.3) is 0 Å². The van der Waals surface area contributed by atoms with Gasteiger partial charge in [0.05, 0.1) is 12.3 Å². The maximum absolute atomic E-state index is 11.5. The second-order valence-electron chi connectivity index (χ2n) is 6.01. The lowest BCUT2D eigenvalue weighted by atomic mass is 10.1. The highest BCUT2D eigenvalue weighted by atomic mass is 35.5. The zero-order valence-electron chi connectivity index (χ0n) is 17.3. The van der Waals surface area contributed by atoms with Crippen molar-refractivity contribution in [3.63, 3.8) is 0 Å². The summed E-state index contributed by atoms with van der Waals surface area (Å²) < 4.78 is 0. The maximum atomic E-state index is 11.5. The first-order valence-corrected chi connectivity index (χ1v) is 9.55. The molecule has 0 atom stereocenters. The van der Waals surface area contributed by atoms with E-state index >= 15 is 0 Å². The molecule has 0 aliphatic carbocycles. The molecule has 7 nitrogen and oxygen atoms in total. The predicted octanol–water partition coefficient (Wildman–Crippen LogP) is 4.44. The summed E-state index contributed by atoms with van der Waals surface area (Å²) >= 11 is 5.89. The Morgan fingerprint density at radius 1 is 1.14 bits per heavy atom. The van der Waals surface area contributed by atoms with E-state index in [0.29, 0.717) is 29.3 Å². The van der Waals surface area contributed by atoms with Gasteiger partial charge in [-0.05, 0) is 37.6 Å². The van der Waals surface area contributed by atoms with E-state index < -0.39 is 0 Å². The van der Waals surface area contributed by atoms with Crippen molar-refractivity contribution >= 4 is 35.6 Å². The average Bonchev–Trinajstić information content (AvgIpc) is 2.70. The number of rotatable bonds is 7. The van der Waals surface area contributed by atoms with Gasteiger partial charge in [-0.1, -0.05) is 43.2 Å². The molecule has 1 N–H and O–H groups in total. The fourth-order valence-electron chi connectivity index (χ4n) is 2.14. The highest BCUT2D eigenvalue weighted by Crippen LogP contribution is 2.12. The second-order valence-corrected chi connectivity index (χ2v) is 6.45. The third kappa shape index (κ3) is 8.66. The molecule has 1 aromatic heterocycles. The van der Waals surface area contributed by atoms with Crippen molar-refractivity contribution < 1.29 is 9.59 Å². The number of anilines is 1. The lowest BCUT2D eigenvalue weighted by Gasteiger charge is -2.14. The van der Waals surface area contributed by atoms with E-state index in [1.165, 1.54) is 11.9 Å². The molecule has 29 heavy (non-hydrogen) atoms. The zero-order valence-corrected chi connectivity index (χ0v) is 18.1. The van der Waals surface area contributed by atoms with Crippen LogP contribution in [0, 0.1) is 0 Å². The summed E-state index contributed by atoms with van der Waals surface area (Å²) in [6.07, 6.45) is 5.57. The van der Waals surface area contributed by atoms with Gasteiger partial charge in [0, 0.05) is 29.9 Å². The van der Waals surface area contributed by atoms with Crippen molar-refractivity contribution in [2.45, 2.75) is 41.2 Å². The molecule has 0 radical (unpaired) electrons. The Morgan fingerprint density at radius 3 is 2.21 bits per heavy atom. The monoisotopic (exact) mass is 415 g/mol. The molecule has 1 heterocycles. The molecule has 0 bridgehead atoms. The summed E-state index contributed by atoms with van der Waals surface area (Å²) in [5, 5.41) is 8.84. The van der Waals surface area contributed by atoms with Gasteiger partial charge in [-0.3, -0.25) is 14.9 Å². The molecular formula is C21H26ClN5O2. The molecule has 8 heteroatoms. The highest BCUT2D eigenvalue weighted by Gasteiger charge is 2.08. The Bertz CT molecular complexity index is 858. The van der Waals surface area contributed by atoms with Gasteiger partial charge in [-0.15, -0.1) is 0 Å². The smallest absolute Gasteiger partial charge is 0.230 e. The Kier molecular flexibility index (Phi) is 10.3. The molecule has 2 aromatic rings. The van der Waals surface area contributed by atoms with Crippen LogP contribution in [0.1, 0.15) is 45.7 Å². The number of carbonyl (C=O) groups excluding carboxylic acids is 2. The molecule has 0 aliphatic rings. The minimum Gasteiger partial charge on any atom is -0.295 e. The predicted molar refractivity (Wildman–Crippen MR) is 117 cm³/mol. The Hall–Kier alpha value is -3.06. The largest absolute Gasteiger partial charge is 0.295 e. The van der Waals surface area contributed by atoms with E-state index in [4.69, 9.17) is 11.6 Å². The SMILES string of the molecule is CC.CC(=O)Nc1ncc(/C(C=C(C)C)=N/N(C=O)Cc2ccc(Cl)cc2)cn1. The number of halogens is 1. The standard InChI is InChI=1S/C19H20ClN5O2.C2H6/c1-13(2)8-18(16-9-21-19(22-10-16)23-14(3)27)24-25(12-26)11-15-4-6-17(20)7-5-15;1-2/h4-10,12H,11H2,1-3H3,(H,21,22,23,27);1-2H3/b24-18+;. The Labute approximate surface area is 176 Å². The maximum Gasteiger partial charge on any atom is 0.230 e. The molecule has 2 amide bonds. The summed E-state index contributed by atoms with van der Waals surface area (Å²) in [6, 6.07) is 7.19. The van der Waals surface area contributed by atoms with Gasteiger partial charge in [-0.2, -0.15) is 5.10 Å². The number of hydrogen-bond acceptors (Lipinski definition) is 5. The van der Waals surface area contributed by atoms with Crippen molar-refractivity contribution in [3.8, 4) is 0 Å². The lowest BCUT2D eigenvalue weighted by Crippen LogP contribution is -2.18. The third-order valence-electron chi connectivity index (χ3n) is 3.28. The number of carbonyl (C=O) groups is 2. The van der Waals surface area contributed by atoms with Crippen LogP contribution in [0.15, 0.2) is 53.4 Å². The van der Waals surface area contributed by atoms with Crippen molar-refractivity contribution in [2.24, 2.45) is 5.10 Å². The Morgan fingerprint density at radius 2 is 1.72 bits per heavy atom. The van der Waals surface area contributed by atoms with Crippen LogP contribution in [-0.2, 0) is 16.1 Å². The molecule has 0 aliphatic heterocycles. The van der Waals surface area contributed by atoms with Crippen LogP contribution in [0.2, 0.25) is 5.02 Å². The summed E-state index contributed by atoms with van der Waals surface area (Å²) in [7, 11) is 0. The van der Waals surface area contributed by atoms with Crippen LogP contribution >= 0.6 is 11.6 Å². The van der Waals surface area contributed by atoms with Crippen molar-refractivity contribution in [1.29, 1.82) is 0 Å². The van der Waals surface area contributed by atoms with E-state index in [9.17, 15) is 9.59 Å². The van der Waals surface area contributed by atoms with Crippen molar-refractivity contribution in [3.05, 3.63) is 64.5 Å². The van der Waals surface area contributed by atoms with E-state index in [0.717, 1.165) is 11.1 Å². The average molecular weight is 416 g/mol. The van der Waals surface area contributed by atoms with Gasteiger partial charge in [0.2, 0.25) is 18.3 Å². The fraction of sp³-hybridized carbons (Fsp3) is 0.286. The fourth-order valence-corrected chi connectivity index (χ4v) is 2.26. The van der Waals surface area contributed by atoms with E-state index in [-0.39, 0.29) is 11.9 Å². The van der Waals surface area contributed by atoms with Gasteiger partial charge < -0.3 is 0 Å². The first-order valence-electron chi connectivity index (χ1n) is 9.17. The van der Waals surface area contributed by atoms with Crippen LogP contribution in [-0.4, -0.2) is 33.0 Å². The zero-order chi connectivity index (χ0) is 21.8. The molecule has 0 saturated heterocycles. The third-order valence-corrected chi connectivity index (χ3v) is 3.53. The molecule has 154 valence electrons.